The number of amides is 3. The molecule has 3 amide bonds. The van der Waals surface area contributed by atoms with E-state index in [-0.39, 0.29) is 29.6 Å². The number of anilines is 1. The maximum atomic E-state index is 12.9. The summed E-state index contributed by atoms with van der Waals surface area (Å²) in [5, 5.41) is 3.33. The molecule has 0 spiro atoms. The number of halogens is 1. The number of carbonyl (C=O) groups excluding carboxylic acids is 3. The molecular weight excluding hydrogens is 372 g/mol. The van der Waals surface area contributed by atoms with Crippen molar-refractivity contribution >= 4 is 46.8 Å². The van der Waals surface area contributed by atoms with Crippen molar-refractivity contribution < 1.29 is 14.4 Å². The van der Waals surface area contributed by atoms with Gasteiger partial charge in [-0.15, -0.1) is 0 Å². The highest BCUT2D eigenvalue weighted by Gasteiger charge is 2.51. The normalized spacial score (nSPS) is 23.7. The van der Waals surface area contributed by atoms with Crippen LogP contribution in [0.25, 0.3) is 0 Å². The minimum Gasteiger partial charge on any atom is -0.324 e. The van der Waals surface area contributed by atoms with E-state index in [9.17, 15) is 14.4 Å². The number of hydrogen-bond acceptors (Lipinski definition) is 4. The van der Waals surface area contributed by atoms with Crippen LogP contribution >= 0.6 is 23.4 Å². The van der Waals surface area contributed by atoms with E-state index >= 15 is 0 Å². The molecule has 1 aliphatic heterocycles. The summed E-state index contributed by atoms with van der Waals surface area (Å²) in [6.07, 6.45) is 5.83. The standard InChI is InChI=1S/C19H23ClN2O3S/c1-26-10-9-16(17(23)21-13-6-4-5-12(20)11-13)22-18(24)14-7-2-3-8-15(14)19(22)25/h4-6,11,14-16H,2-3,7-10H2,1H3,(H,21,23). The Balaban J connectivity index is 1.81. The van der Waals surface area contributed by atoms with Gasteiger partial charge in [0.15, 0.2) is 0 Å². The van der Waals surface area contributed by atoms with Crippen LogP contribution in [0, 0.1) is 11.8 Å². The van der Waals surface area contributed by atoms with E-state index in [2.05, 4.69) is 5.32 Å². The Bertz CT molecular complexity index is 688. The first-order valence-corrected chi connectivity index (χ1v) is 10.7. The van der Waals surface area contributed by atoms with Crippen LogP contribution in [0.2, 0.25) is 5.02 Å². The SMILES string of the molecule is CSCCC(C(=O)Nc1cccc(Cl)c1)N1C(=O)C2CCCCC2C1=O. The van der Waals surface area contributed by atoms with Crippen molar-refractivity contribution in [2.45, 2.75) is 38.1 Å². The van der Waals surface area contributed by atoms with Gasteiger partial charge in [-0.25, -0.2) is 0 Å². The number of rotatable bonds is 6. The molecule has 1 aromatic carbocycles. The molecule has 1 saturated carbocycles. The topological polar surface area (TPSA) is 66.5 Å². The molecule has 7 heteroatoms. The second kappa shape index (κ2) is 8.44. The molecule has 140 valence electrons. The monoisotopic (exact) mass is 394 g/mol. The molecule has 0 aromatic heterocycles. The average molecular weight is 395 g/mol. The fourth-order valence-corrected chi connectivity index (χ4v) is 4.54. The van der Waals surface area contributed by atoms with Crippen molar-refractivity contribution in [1.82, 2.24) is 4.90 Å². The van der Waals surface area contributed by atoms with Crippen LogP contribution in [-0.2, 0) is 14.4 Å². The number of carbonyl (C=O) groups is 3. The first-order valence-electron chi connectivity index (χ1n) is 8.95. The van der Waals surface area contributed by atoms with Crippen LogP contribution in [0.3, 0.4) is 0 Å². The minimum atomic E-state index is -0.771. The minimum absolute atomic E-state index is 0.174. The van der Waals surface area contributed by atoms with Gasteiger partial charge in [0, 0.05) is 10.7 Å². The molecule has 2 fully saturated rings. The van der Waals surface area contributed by atoms with Crippen LogP contribution in [0.15, 0.2) is 24.3 Å². The van der Waals surface area contributed by atoms with Gasteiger partial charge in [0.05, 0.1) is 11.8 Å². The van der Waals surface area contributed by atoms with Crippen molar-refractivity contribution in [3.63, 3.8) is 0 Å². The quantitative estimate of drug-likeness (QED) is 0.749. The highest BCUT2D eigenvalue weighted by atomic mass is 35.5. The number of benzene rings is 1. The van der Waals surface area contributed by atoms with Gasteiger partial charge in [-0.1, -0.05) is 30.5 Å². The summed E-state index contributed by atoms with van der Waals surface area (Å²) >= 11 is 7.57. The molecule has 2 aliphatic rings. The summed E-state index contributed by atoms with van der Waals surface area (Å²) in [5.41, 5.74) is 0.563. The Hall–Kier alpha value is -1.53. The van der Waals surface area contributed by atoms with Gasteiger partial charge in [-0.3, -0.25) is 19.3 Å². The average Bonchev–Trinajstić information content (AvgIpc) is 2.87. The molecule has 1 heterocycles. The van der Waals surface area contributed by atoms with Gasteiger partial charge < -0.3 is 5.32 Å². The van der Waals surface area contributed by atoms with E-state index in [4.69, 9.17) is 11.6 Å². The summed E-state index contributed by atoms with van der Waals surface area (Å²) in [6.45, 7) is 0. The third kappa shape index (κ3) is 3.91. The zero-order chi connectivity index (χ0) is 18.7. The number of nitrogens with zero attached hydrogens (tertiary/aromatic N) is 1. The number of imide groups is 1. The molecule has 0 radical (unpaired) electrons. The smallest absolute Gasteiger partial charge is 0.247 e. The Kier molecular flexibility index (Phi) is 6.24. The Morgan fingerprint density at radius 2 is 1.92 bits per heavy atom. The van der Waals surface area contributed by atoms with Crippen LogP contribution in [-0.4, -0.2) is 40.7 Å². The van der Waals surface area contributed by atoms with E-state index < -0.39 is 6.04 Å². The fourth-order valence-electron chi connectivity index (χ4n) is 3.89. The third-order valence-corrected chi connectivity index (χ3v) is 6.06. The van der Waals surface area contributed by atoms with Crippen molar-refractivity contribution in [3.8, 4) is 0 Å². The molecule has 1 aliphatic carbocycles. The fraction of sp³-hybridized carbons (Fsp3) is 0.526. The Morgan fingerprint density at radius 1 is 1.27 bits per heavy atom. The highest BCUT2D eigenvalue weighted by Crippen LogP contribution is 2.39. The molecule has 1 aromatic rings. The van der Waals surface area contributed by atoms with Crippen molar-refractivity contribution in [2.75, 3.05) is 17.3 Å². The Labute approximate surface area is 162 Å². The molecule has 1 N–H and O–H groups in total. The van der Waals surface area contributed by atoms with Crippen molar-refractivity contribution in [3.05, 3.63) is 29.3 Å². The molecule has 1 saturated heterocycles. The lowest BCUT2D eigenvalue weighted by Gasteiger charge is -2.26. The van der Waals surface area contributed by atoms with Gasteiger partial charge in [0.25, 0.3) is 0 Å². The number of hydrogen-bond donors (Lipinski definition) is 1. The maximum Gasteiger partial charge on any atom is 0.247 e. The molecule has 3 rings (SSSR count). The summed E-state index contributed by atoms with van der Waals surface area (Å²) in [6, 6.07) is 6.09. The largest absolute Gasteiger partial charge is 0.324 e. The highest BCUT2D eigenvalue weighted by molar-refractivity contribution is 7.98. The van der Waals surface area contributed by atoms with E-state index in [0.717, 1.165) is 25.7 Å². The van der Waals surface area contributed by atoms with Gasteiger partial charge in [-0.2, -0.15) is 11.8 Å². The molecule has 3 unspecified atom stereocenters. The van der Waals surface area contributed by atoms with E-state index in [1.54, 1.807) is 36.0 Å². The van der Waals surface area contributed by atoms with Gasteiger partial charge in [-0.05, 0) is 49.5 Å². The number of likely N-dealkylation sites (tertiary alicyclic amines) is 1. The molecule has 0 bridgehead atoms. The molecule has 3 atom stereocenters. The van der Waals surface area contributed by atoms with Crippen LogP contribution in [0.1, 0.15) is 32.1 Å². The number of thioether (sulfide) groups is 1. The lowest BCUT2D eigenvalue weighted by molar-refractivity contribution is -0.146. The zero-order valence-corrected chi connectivity index (χ0v) is 16.3. The van der Waals surface area contributed by atoms with Gasteiger partial charge in [0.2, 0.25) is 17.7 Å². The van der Waals surface area contributed by atoms with Crippen LogP contribution < -0.4 is 5.32 Å². The molecule has 26 heavy (non-hydrogen) atoms. The van der Waals surface area contributed by atoms with Crippen LogP contribution in [0.5, 0.6) is 0 Å². The first kappa shape index (κ1) is 19.2. The zero-order valence-electron chi connectivity index (χ0n) is 14.7. The van der Waals surface area contributed by atoms with Gasteiger partial charge in [0.1, 0.15) is 6.04 Å². The predicted octanol–water partition coefficient (Wildman–Crippen LogP) is 3.58. The van der Waals surface area contributed by atoms with Crippen LogP contribution in [0.4, 0.5) is 5.69 Å². The first-order chi connectivity index (χ1) is 12.5. The summed E-state index contributed by atoms with van der Waals surface area (Å²) in [5.74, 6) is -0.472. The second-order valence-electron chi connectivity index (χ2n) is 6.84. The van der Waals surface area contributed by atoms with E-state index in [0.29, 0.717) is 22.9 Å². The van der Waals surface area contributed by atoms with E-state index in [1.807, 2.05) is 6.26 Å². The predicted molar refractivity (Wildman–Crippen MR) is 104 cm³/mol. The summed E-state index contributed by atoms with van der Waals surface area (Å²) in [7, 11) is 0. The second-order valence-corrected chi connectivity index (χ2v) is 8.26. The molecule has 5 nitrogen and oxygen atoms in total. The van der Waals surface area contributed by atoms with Crippen molar-refractivity contribution in [1.29, 1.82) is 0 Å². The lowest BCUT2D eigenvalue weighted by Crippen LogP contribution is -2.48. The number of nitrogens with one attached hydrogen (secondary N) is 1. The van der Waals surface area contributed by atoms with Gasteiger partial charge >= 0.3 is 0 Å². The van der Waals surface area contributed by atoms with E-state index in [1.165, 1.54) is 4.90 Å². The molecular formula is C19H23ClN2O3S. The third-order valence-electron chi connectivity index (χ3n) is 5.18. The summed E-state index contributed by atoms with van der Waals surface area (Å²) in [4.78, 5) is 39.9. The number of fused-ring (bicyclic) bond motifs is 1. The lowest BCUT2D eigenvalue weighted by atomic mass is 9.81. The maximum absolute atomic E-state index is 12.9. The summed E-state index contributed by atoms with van der Waals surface area (Å²) < 4.78 is 0. The van der Waals surface area contributed by atoms with Crippen molar-refractivity contribution in [2.24, 2.45) is 11.8 Å². The Morgan fingerprint density at radius 3 is 2.50 bits per heavy atom.